The van der Waals surface area contributed by atoms with Crippen molar-refractivity contribution in [1.29, 1.82) is 0 Å². The molecule has 0 amide bonds. The van der Waals surface area contributed by atoms with E-state index in [0.717, 1.165) is 42.3 Å². The first-order valence-electron chi connectivity index (χ1n) is 10.4. The fourth-order valence-electron chi connectivity index (χ4n) is 2.87. The van der Waals surface area contributed by atoms with E-state index >= 15 is 0 Å². The first kappa shape index (κ1) is 22.2. The van der Waals surface area contributed by atoms with Crippen LogP contribution in [-0.2, 0) is 13.1 Å². The third kappa shape index (κ3) is 7.72. The molecule has 0 atom stereocenters. The minimum absolute atomic E-state index is 0.718. The lowest BCUT2D eigenvalue weighted by atomic mass is 10.1. The summed E-state index contributed by atoms with van der Waals surface area (Å²) in [6.45, 7) is 5.70. The van der Waals surface area contributed by atoms with E-state index in [4.69, 9.17) is 9.68 Å². The lowest BCUT2D eigenvalue weighted by Crippen LogP contribution is -2.17. The molecular formula is C26H29N3O2. The molecule has 0 radical (unpaired) electrons. The zero-order valence-electron chi connectivity index (χ0n) is 18.4. The molecule has 160 valence electrons. The van der Waals surface area contributed by atoms with Gasteiger partial charge in [0.15, 0.2) is 11.5 Å². The van der Waals surface area contributed by atoms with E-state index in [9.17, 15) is 0 Å². The average molecular weight is 416 g/mol. The van der Waals surface area contributed by atoms with Crippen molar-refractivity contribution in [2.45, 2.75) is 33.4 Å². The van der Waals surface area contributed by atoms with Crippen LogP contribution in [0.15, 0.2) is 89.2 Å². The maximum absolute atomic E-state index is 5.45. The van der Waals surface area contributed by atoms with Crippen LogP contribution in [0.3, 0.4) is 0 Å². The van der Waals surface area contributed by atoms with Gasteiger partial charge in [-0.3, -0.25) is 4.90 Å². The highest BCUT2D eigenvalue weighted by Gasteiger charge is 2.04. The van der Waals surface area contributed by atoms with E-state index in [1.54, 1.807) is 6.21 Å². The van der Waals surface area contributed by atoms with Crippen LogP contribution < -0.4 is 9.68 Å². The fourth-order valence-corrected chi connectivity index (χ4v) is 2.87. The van der Waals surface area contributed by atoms with Crippen molar-refractivity contribution in [3.63, 3.8) is 0 Å². The summed E-state index contributed by atoms with van der Waals surface area (Å²) >= 11 is 0. The molecule has 0 heterocycles. The first-order valence-corrected chi connectivity index (χ1v) is 10.4. The van der Waals surface area contributed by atoms with Crippen molar-refractivity contribution in [2.24, 2.45) is 10.3 Å². The molecule has 3 rings (SSSR count). The molecule has 0 unspecified atom stereocenters. The van der Waals surface area contributed by atoms with Gasteiger partial charge in [-0.25, -0.2) is 0 Å². The number of benzene rings is 3. The minimum atomic E-state index is 0.718. The molecule has 0 aliphatic carbocycles. The summed E-state index contributed by atoms with van der Waals surface area (Å²) in [5.74, 6) is 1.47. The number of hydrogen-bond acceptors (Lipinski definition) is 5. The van der Waals surface area contributed by atoms with E-state index in [1.807, 2.05) is 61.5 Å². The zero-order valence-corrected chi connectivity index (χ0v) is 18.4. The van der Waals surface area contributed by atoms with Gasteiger partial charge in [-0.05, 0) is 61.3 Å². The highest BCUT2D eigenvalue weighted by atomic mass is 16.6. The summed E-state index contributed by atoms with van der Waals surface area (Å²) < 4.78 is 0. The highest BCUT2D eigenvalue weighted by molar-refractivity contribution is 5.81. The van der Waals surface area contributed by atoms with Gasteiger partial charge >= 0.3 is 0 Å². The Hall–Kier alpha value is -3.44. The van der Waals surface area contributed by atoms with Crippen LogP contribution in [0.2, 0.25) is 0 Å². The molecule has 0 aromatic heterocycles. The van der Waals surface area contributed by atoms with Crippen molar-refractivity contribution in [3.8, 4) is 11.5 Å². The quantitative estimate of drug-likeness (QED) is 0.306. The van der Waals surface area contributed by atoms with E-state index < -0.39 is 0 Å². The Labute approximate surface area is 184 Å². The Morgan fingerprint density at radius 3 is 1.90 bits per heavy atom. The highest BCUT2D eigenvalue weighted by Crippen LogP contribution is 2.17. The van der Waals surface area contributed by atoms with Gasteiger partial charge in [0.25, 0.3) is 0 Å². The largest absolute Gasteiger partial charge is 0.357 e. The Morgan fingerprint density at radius 2 is 1.35 bits per heavy atom. The van der Waals surface area contributed by atoms with Crippen LogP contribution in [0.25, 0.3) is 0 Å². The Balaban J connectivity index is 1.47. The SMILES string of the molecule is CC/C(C)=N/Oc1ccc(CN(C)Cc2ccc(O/N=C/c3ccccc3)cc2)cc1. The summed E-state index contributed by atoms with van der Waals surface area (Å²) in [7, 11) is 2.11. The first-order chi connectivity index (χ1) is 15.1. The van der Waals surface area contributed by atoms with Crippen LogP contribution in [0.5, 0.6) is 11.5 Å². The normalized spacial score (nSPS) is 11.8. The monoisotopic (exact) mass is 415 g/mol. The van der Waals surface area contributed by atoms with Gasteiger partial charge in [-0.1, -0.05) is 71.8 Å². The Bertz CT molecular complexity index is 981. The lowest BCUT2D eigenvalue weighted by Gasteiger charge is -2.17. The molecule has 0 saturated carbocycles. The van der Waals surface area contributed by atoms with Gasteiger partial charge < -0.3 is 9.68 Å². The van der Waals surface area contributed by atoms with Crippen LogP contribution in [0.1, 0.15) is 37.0 Å². The molecule has 0 spiro atoms. The van der Waals surface area contributed by atoms with Gasteiger partial charge in [-0.2, -0.15) is 0 Å². The molecule has 0 saturated heterocycles. The smallest absolute Gasteiger partial charge is 0.157 e. The summed E-state index contributed by atoms with van der Waals surface area (Å²) in [5, 5.41) is 8.13. The number of hydrogen-bond donors (Lipinski definition) is 0. The fraction of sp³-hybridized carbons (Fsp3) is 0.231. The minimum Gasteiger partial charge on any atom is -0.357 e. The van der Waals surface area contributed by atoms with Gasteiger partial charge in [0.1, 0.15) is 0 Å². The molecule has 5 nitrogen and oxygen atoms in total. The van der Waals surface area contributed by atoms with Crippen molar-refractivity contribution in [2.75, 3.05) is 7.05 Å². The van der Waals surface area contributed by atoms with E-state index in [1.165, 1.54) is 11.1 Å². The van der Waals surface area contributed by atoms with Crippen molar-refractivity contribution < 1.29 is 9.68 Å². The second-order valence-electron chi connectivity index (χ2n) is 7.47. The topological polar surface area (TPSA) is 46.4 Å². The Kier molecular flexibility index (Phi) is 8.38. The molecular weight excluding hydrogens is 386 g/mol. The maximum Gasteiger partial charge on any atom is 0.157 e. The summed E-state index contributed by atoms with van der Waals surface area (Å²) in [4.78, 5) is 13.1. The molecule has 31 heavy (non-hydrogen) atoms. The molecule has 0 aliphatic heterocycles. The van der Waals surface area contributed by atoms with Crippen molar-refractivity contribution in [1.82, 2.24) is 4.90 Å². The number of oxime groups is 2. The van der Waals surface area contributed by atoms with Crippen LogP contribution >= 0.6 is 0 Å². The maximum atomic E-state index is 5.45. The third-order valence-electron chi connectivity index (χ3n) is 4.73. The van der Waals surface area contributed by atoms with Crippen molar-refractivity contribution >= 4 is 11.9 Å². The molecule has 0 bridgehead atoms. The average Bonchev–Trinajstić information content (AvgIpc) is 2.80. The second kappa shape index (κ2) is 11.7. The molecule has 0 fully saturated rings. The predicted molar refractivity (Wildman–Crippen MR) is 127 cm³/mol. The van der Waals surface area contributed by atoms with Crippen LogP contribution in [0, 0.1) is 0 Å². The summed E-state index contributed by atoms with van der Waals surface area (Å²) in [6, 6.07) is 25.9. The number of rotatable bonds is 10. The Morgan fingerprint density at radius 1 is 0.806 bits per heavy atom. The molecule has 3 aromatic rings. The molecule has 3 aromatic carbocycles. The van der Waals surface area contributed by atoms with Gasteiger partial charge in [0.2, 0.25) is 0 Å². The second-order valence-corrected chi connectivity index (χ2v) is 7.47. The molecule has 0 N–H and O–H groups in total. The molecule has 0 aliphatic rings. The van der Waals surface area contributed by atoms with Crippen molar-refractivity contribution in [3.05, 3.63) is 95.6 Å². The zero-order chi connectivity index (χ0) is 21.9. The van der Waals surface area contributed by atoms with Crippen LogP contribution in [-0.4, -0.2) is 23.9 Å². The summed E-state index contributed by atoms with van der Waals surface area (Å²) in [5.41, 5.74) is 4.42. The standard InChI is InChI=1S/C26H29N3O2/c1-4-21(2)28-31-26-16-12-24(13-17-26)20-29(3)19-23-10-14-25(15-11-23)30-27-18-22-8-6-5-7-9-22/h5-18H,4,19-20H2,1-3H3/b27-18+,28-21+. The van der Waals surface area contributed by atoms with E-state index in [-0.39, 0.29) is 0 Å². The number of nitrogens with zero attached hydrogens (tertiary/aromatic N) is 3. The third-order valence-corrected chi connectivity index (χ3v) is 4.73. The van der Waals surface area contributed by atoms with Gasteiger partial charge in [-0.15, -0.1) is 0 Å². The van der Waals surface area contributed by atoms with Crippen LogP contribution in [0.4, 0.5) is 0 Å². The predicted octanol–water partition coefficient (Wildman–Crippen LogP) is 5.90. The van der Waals surface area contributed by atoms with Gasteiger partial charge in [0.05, 0.1) is 11.9 Å². The summed E-state index contributed by atoms with van der Waals surface area (Å²) in [6.07, 6.45) is 2.59. The van der Waals surface area contributed by atoms with E-state index in [2.05, 4.69) is 53.4 Å². The van der Waals surface area contributed by atoms with Gasteiger partial charge in [0, 0.05) is 13.1 Å². The molecule has 5 heteroatoms. The van der Waals surface area contributed by atoms with E-state index in [0.29, 0.717) is 0 Å². The lowest BCUT2D eigenvalue weighted by molar-refractivity contribution is 0.317.